The maximum absolute atomic E-state index is 12.0. The van der Waals surface area contributed by atoms with Gasteiger partial charge < -0.3 is 47.4 Å². The van der Waals surface area contributed by atoms with Crippen molar-refractivity contribution in [1.29, 1.82) is 0 Å². The number of esters is 10. The van der Waals surface area contributed by atoms with Gasteiger partial charge in [-0.05, 0) is 116 Å². The van der Waals surface area contributed by atoms with Gasteiger partial charge in [0, 0.05) is 42.9 Å². The first-order chi connectivity index (χ1) is 40.9. The molecule has 0 amide bonds. The maximum atomic E-state index is 12.0. The molecule has 12 aliphatic rings. The number of carbonyl (C=O) groups is 10. The summed E-state index contributed by atoms with van der Waals surface area (Å²) < 4.78 is 54.6. The first-order valence-electron chi connectivity index (χ1n) is 33.0. The second kappa shape index (κ2) is 26.6. The summed E-state index contributed by atoms with van der Waals surface area (Å²) in [5.41, 5.74) is -1.52. The summed E-state index contributed by atoms with van der Waals surface area (Å²) in [4.78, 5) is 117. The summed E-state index contributed by atoms with van der Waals surface area (Å²) in [5, 5.41) is 0. The summed E-state index contributed by atoms with van der Waals surface area (Å²) in [6.45, 7) is 29.3. The molecule has 7 saturated carbocycles. The van der Waals surface area contributed by atoms with Crippen LogP contribution < -0.4 is 0 Å². The van der Waals surface area contributed by atoms with Crippen molar-refractivity contribution in [3.05, 3.63) is 0 Å². The molecular formula is C67H100O20. The largest absolute Gasteiger partial charge is 0.458 e. The van der Waals surface area contributed by atoms with Crippen LogP contribution in [0.3, 0.4) is 0 Å². The van der Waals surface area contributed by atoms with E-state index in [4.69, 9.17) is 47.4 Å². The maximum Gasteiger partial charge on any atom is 0.312 e. The van der Waals surface area contributed by atoms with E-state index < -0.39 is 11.2 Å². The summed E-state index contributed by atoms with van der Waals surface area (Å²) >= 11 is 0. The molecule has 10 bridgehead atoms. The molecule has 5 saturated heterocycles. The fraction of sp³-hybridized carbons (Fsp3) is 0.851. The van der Waals surface area contributed by atoms with Crippen molar-refractivity contribution < 1.29 is 95.3 Å². The highest BCUT2D eigenvalue weighted by atomic mass is 16.6. The molecule has 0 N–H and O–H groups in total. The number of rotatable bonds is 15. The van der Waals surface area contributed by atoms with E-state index in [9.17, 15) is 47.9 Å². The van der Waals surface area contributed by atoms with Crippen LogP contribution in [-0.2, 0) is 95.3 Å². The van der Waals surface area contributed by atoms with E-state index in [1.54, 1.807) is 0 Å². The highest BCUT2D eigenvalue weighted by molar-refractivity contribution is 5.81. The van der Waals surface area contributed by atoms with Crippen LogP contribution in [0.4, 0.5) is 0 Å². The van der Waals surface area contributed by atoms with E-state index in [-0.39, 0.29) is 196 Å². The molecule has 24 atom stereocenters. The van der Waals surface area contributed by atoms with Gasteiger partial charge in [-0.15, -0.1) is 0 Å². The average Bonchev–Trinajstić information content (AvgIpc) is 1.57. The van der Waals surface area contributed by atoms with Crippen molar-refractivity contribution in [2.45, 2.75) is 273 Å². The van der Waals surface area contributed by atoms with Gasteiger partial charge in [0.1, 0.15) is 60.0 Å². The molecule has 0 radical (unpaired) electrons. The first kappa shape index (κ1) is 67.6. The molecule has 7 aliphatic carbocycles. The molecule has 0 aromatic rings. The molecule has 20 heteroatoms. The van der Waals surface area contributed by atoms with Crippen LogP contribution in [-0.4, -0.2) is 120 Å². The van der Waals surface area contributed by atoms with Gasteiger partial charge in [-0.25, -0.2) is 0 Å². The lowest BCUT2D eigenvalue weighted by Crippen LogP contribution is -2.48. The molecule has 0 spiro atoms. The van der Waals surface area contributed by atoms with Crippen LogP contribution in [0.5, 0.6) is 0 Å². The highest BCUT2D eigenvalue weighted by Crippen LogP contribution is 2.65. The van der Waals surface area contributed by atoms with Crippen LogP contribution in [0.25, 0.3) is 0 Å². The molecule has 5 heterocycles. The van der Waals surface area contributed by atoms with Crippen molar-refractivity contribution in [3.8, 4) is 0 Å². The standard InChI is InChI=1S/C15H22O4.C14H20O4.2C13H20O4.C12H18O4/c1-5-7(2)13(16)18-11-9-6-8-10(15(9,3)4)12(11)19-14(8)17;1-4-7(2)12(15)18-14(3)8-5-9-10(6-8)13(16)17-11(9)14;1-4-8(2)11(14)16-9-5-6-13(3)7-10(9)17-12(13)15;1-4-8(2)11(14)17-13(3)6-5-9-7-10(13)16-12(9)15;1-3-7(2)11(13)15-9-5-4-8-6-10(9)16-12(8)14/h7-12H,5-6H2,1-4H3;7-11H,4-6H2,1-3H3;2*8-10H,4-7H2,1-3H3;7-10H,3-6H2,1-2H3. The fourth-order valence-electron chi connectivity index (χ4n) is 15.4. The van der Waals surface area contributed by atoms with Crippen molar-refractivity contribution in [3.63, 3.8) is 0 Å². The molecule has 20 nitrogen and oxygen atoms in total. The molecule has 0 aromatic heterocycles. The Bertz CT molecular complexity index is 2610. The summed E-state index contributed by atoms with van der Waals surface area (Å²) in [5.74, 6) is -0.630. The SMILES string of the molecule is CCC(C)C(=O)OC1(C)C2CC3C(=O)OC1C3C2.CCC(C)C(=O)OC1(C)CCC2CC1OC2=O.CCC(C)C(=O)OC1C2OC(=O)C3CC1C(C)(C)C32.CCC(C)C(=O)OC1CCC2(C)CC1OC2=O.CCC(C)C(=O)OC1CCC2CC1OC2=O. The third kappa shape index (κ3) is 13.5. The first-order valence-corrected chi connectivity index (χ1v) is 33.0. The Morgan fingerprint density at radius 2 is 1.03 bits per heavy atom. The van der Waals surface area contributed by atoms with Gasteiger partial charge in [-0.3, -0.25) is 47.9 Å². The minimum Gasteiger partial charge on any atom is -0.458 e. The molecular weight excluding hydrogens is 1120 g/mol. The molecule has 87 heavy (non-hydrogen) atoms. The minimum absolute atomic E-state index is 0.0235. The van der Waals surface area contributed by atoms with Crippen LogP contribution in [0.1, 0.15) is 213 Å². The zero-order chi connectivity index (χ0) is 64.0. The Labute approximate surface area is 514 Å². The number of carbonyl (C=O) groups excluding carboxylic acids is 10. The second-order valence-corrected chi connectivity index (χ2v) is 28.9. The minimum atomic E-state index is -0.622. The Morgan fingerprint density at radius 3 is 1.63 bits per heavy atom. The van der Waals surface area contributed by atoms with Gasteiger partial charge in [0.2, 0.25) is 0 Å². The lowest BCUT2D eigenvalue weighted by atomic mass is 9.76. The lowest BCUT2D eigenvalue weighted by Gasteiger charge is -2.36. The average molecular weight is 1230 g/mol. The lowest BCUT2D eigenvalue weighted by molar-refractivity contribution is -0.183. The zero-order valence-electron chi connectivity index (χ0n) is 54.3. The van der Waals surface area contributed by atoms with E-state index in [1.165, 1.54) is 0 Å². The van der Waals surface area contributed by atoms with Crippen LogP contribution in [0.15, 0.2) is 0 Å². The zero-order valence-corrected chi connectivity index (χ0v) is 54.3. The van der Waals surface area contributed by atoms with Crippen molar-refractivity contribution in [2.75, 3.05) is 0 Å². The Balaban J connectivity index is 0.000000141. The van der Waals surface area contributed by atoms with Gasteiger partial charge in [-0.1, -0.05) is 83.1 Å². The fourth-order valence-corrected chi connectivity index (χ4v) is 15.4. The third-order valence-electron chi connectivity index (χ3n) is 22.7. The van der Waals surface area contributed by atoms with Crippen molar-refractivity contribution in [2.24, 2.45) is 87.8 Å². The van der Waals surface area contributed by atoms with Gasteiger partial charge in [0.25, 0.3) is 0 Å². The van der Waals surface area contributed by atoms with Gasteiger partial charge in [0.15, 0.2) is 0 Å². The molecule has 12 fully saturated rings. The number of ether oxygens (including phenoxy) is 10. The van der Waals surface area contributed by atoms with Gasteiger partial charge in [-0.2, -0.15) is 0 Å². The monoisotopic (exact) mass is 1220 g/mol. The molecule has 12 rings (SSSR count). The Kier molecular flexibility index (Phi) is 20.7. The van der Waals surface area contributed by atoms with E-state index in [1.807, 2.05) is 90.0 Å². The summed E-state index contributed by atoms with van der Waals surface area (Å²) in [7, 11) is 0. The molecule has 0 aromatic carbocycles. The van der Waals surface area contributed by atoms with Gasteiger partial charge in [0.05, 0.1) is 58.7 Å². The van der Waals surface area contributed by atoms with Crippen LogP contribution in [0.2, 0.25) is 0 Å². The molecule has 5 aliphatic heterocycles. The van der Waals surface area contributed by atoms with E-state index >= 15 is 0 Å². The Hall–Kier alpha value is -5.30. The van der Waals surface area contributed by atoms with E-state index in [0.717, 1.165) is 96.3 Å². The quantitative estimate of drug-likeness (QED) is 0.109. The van der Waals surface area contributed by atoms with Crippen molar-refractivity contribution in [1.82, 2.24) is 0 Å². The predicted octanol–water partition coefficient (Wildman–Crippen LogP) is 9.87. The number of fused-ring (bicyclic) bond motifs is 8. The number of hydrogen-bond acceptors (Lipinski definition) is 20. The summed E-state index contributed by atoms with van der Waals surface area (Å²) in [6.07, 6.45) is 11.3. The van der Waals surface area contributed by atoms with Crippen molar-refractivity contribution >= 4 is 59.7 Å². The smallest absolute Gasteiger partial charge is 0.312 e. The molecule has 488 valence electrons. The topological polar surface area (TPSA) is 263 Å². The third-order valence-corrected chi connectivity index (χ3v) is 22.7. The number of hydrogen-bond donors (Lipinski definition) is 0. The summed E-state index contributed by atoms with van der Waals surface area (Å²) in [6, 6.07) is 0. The Morgan fingerprint density at radius 1 is 0.506 bits per heavy atom. The van der Waals surface area contributed by atoms with Gasteiger partial charge >= 0.3 is 59.7 Å². The second-order valence-electron chi connectivity index (χ2n) is 28.9. The van der Waals surface area contributed by atoms with Crippen LogP contribution in [0, 0.1) is 87.8 Å². The molecule has 24 unspecified atom stereocenters. The van der Waals surface area contributed by atoms with Crippen LogP contribution >= 0.6 is 0 Å². The normalized spacial score (nSPS) is 39.9. The highest BCUT2D eigenvalue weighted by Gasteiger charge is 2.72. The van der Waals surface area contributed by atoms with E-state index in [0.29, 0.717) is 12.8 Å². The van der Waals surface area contributed by atoms with E-state index in [2.05, 4.69) is 13.8 Å². The predicted molar refractivity (Wildman–Crippen MR) is 311 cm³/mol.